The summed E-state index contributed by atoms with van der Waals surface area (Å²) in [5, 5.41) is 15.1. The fourth-order valence-corrected chi connectivity index (χ4v) is 6.97. The molecule has 1 aliphatic rings. The molecule has 2 aromatic heterocycles. The van der Waals surface area contributed by atoms with Crippen LogP contribution in [0.15, 0.2) is 67.0 Å². The number of ether oxygens (including phenoxy) is 3. The molecule has 1 aliphatic heterocycles. The van der Waals surface area contributed by atoms with Gasteiger partial charge in [0.2, 0.25) is 11.8 Å². The quantitative estimate of drug-likeness (QED) is 0.119. The van der Waals surface area contributed by atoms with E-state index in [9.17, 15) is 23.2 Å². The number of nitrogen functional groups attached to an aromatic ring is 1. The molecule has 6 rings (SSSR count). The zero-order valence-corrected chi connectivity index (χ0v) is 27.7. The predicted molar refractivity (Wildman–Crippen MR) is 173 cm³/mol. The van der Waals surface area contributed by atoms with Gasteiger partial charge in [-0.3, -0.25) is 13.9 Å². The Kier molecular flexibility index (Phi) is 9.70. The van der Waals surface area contributed by atoms with Gasteiger partial charge in [-0.1, -0.05) is 36.4 Å². The Bertz CT molecular complexity index is 2100. The summed E-state index contributed by atoms with van der Waals surface area (Å²) in [5.41, 5.74) is 3.80. The van der Waals surface area contributed by atoms with Crippen LogP contribution in [0.2, 0.25) is 0 Å². The number of anilines is 1. The number of hydrogen-bond donors (Lipinski definition) is 3. The Morgan fingerprint density at radius 3 is 2.70 bits per heavy atom. The first-order valence-electron chi connectivity index (χ1n) is 15.2. The Hall–Kier alpha value is -4.80. The summed E-state index contributed by atoms with van der Waals surface area (Å²) in [6.45, 7) is 1.21. The minimum atomic E-state index is -4.60. The third-order valence-electron chi connectivity index (χ3n) is 8.01. The van der Waals surface area contributed by atoms with Crippen LogP contribution in [0, 0.1) is 11.6 Å². The van der Waals surface area contributed by atoms with E-state index in [1.807, 2.05) is 0 Å². The van der Waals surface area contributed by atoms with E-state index in [1.165, 1.54) is 37.9 Å². The number of nitrogens with zero attached hydrogens (tertiary/aromatic N) is 4. The molecule has 3 unspecified atom stereocenters. The van der Waals surface area contributed by atoms with Gasteiger partial charge in [-0.2, -0.15) is 15.1 Å². The summed E-state index contributed by atoms with van der Waals surface area (Å²) in [6, 6.07) is 13.4. The summed E-state index contributed by atoms with van der Waals surface area (Å²) in [7, 11) is -3.25. The maximum atomic E-state index is 15.9. The summed E-state index contributed by atoms with van der Waals surface area (Å²) >= 11 is 0. The van der Waals surface area contributed by atoms with Gasteiger partial charge in [-0.15, -0.1) is 0 Å². The summed E-state index contributed by atoms with van der Waals surface area (Å²) in [6.07, 6.45) is -3.80. The van der Waals surface area contributed by atoms with Gasteiger partial charge in [0, 0.05) is 17.0 Å². The van der Waals surface area contributed by atoms with Crippen LogP contribution in [0.25, 0.3) is 21.9 Å². The molecule has 4 N–H and O–H groups in total. The van der Waals surface area contributed by atoms with E-state index < -0.39 is 68.7 Å². The second-order valence-corrected chi connectivity index (χ2v) is 13.3. The Morgan fingerprint density at radius 1 is 1.18 bits per heavy atom. The molecule has 3 heterocycles. The second kappa shape index (κ2) is 13.8. The number of nitrogens with one attached hydrogen (secondary N) is 1. The lowest BCUT2D eigenvalue weighted by atomic mass is 9.98. The lowest BCUT2D eigenvalue weighted by Crippen LogP contribution is -2.42. The molecule has 14 nitrogen and oxygen atoms in total. The average Bonchev–Trinajstić information content (AvgIpc) is 3.59. The first-order chi connectivity index (χ1) is 23.8. The van der Waals surface area contributed by atoms with Gasteiger partial charge in [0.15, 0.2) is 23.6 Å². The zero-order valence-electron chi connectivity index (χ0n) is 26.8. The highest BCUT2D eigenvalue weighted by Gasteiger charge is 2.55. The van der Waals surface area contributed by atoms with Crippen molar-refractivity contribution in [2.75, 3.05) is 19.5 Å². The van der Waals surface area contributed by atoms with E-state index in [1.54, 1.807) is 36.4 Å². The van der Waals surface area contributed by atoms with Crippen molar-refractivity contribution < 1.29 is 50.9 Å². The fourth-order valence-electron chi connectivity index (χ4n) is 5.45. The largest absolute Gasteiger partial charge is 0.479 e. The molecule has 0 amide bonds. The van der Waals surface area contributed by atoms with Crippen LogP contribution in [-0.4, -0.2) is 68.2 Å². The third-order valence-corrected chi connectivity index (χ3v) is 9.64. The minimum Gasteiger partial charge on any atom is -0.479 e. The topological polar surface area (TPSA) is 182 Å². The molecule has 50 heavy (non-hydrogen) atoms. The second-order valence-electron chi connectivity index (χ2n) is 11.6. The summed E-state index contributed by atoms with van der Waals surface area (Å²) in [4.78, 5) is 25.2. The number of aliphatic hydroxyl groups is 1. The fraction of sp³-hybridized carbons (Fsp3) is 0.312. The monoisotopic (exact) mass is 716 g/mol. The minimum absolute atomic E-state index is 0.0496. The van der Waals surface area contributed by atoms with Crippen LogP contribution in [-0.2, 0) is 30.0 Å². The number of hydrogen-bond acceptors (Lipinski definition) is 12. The van der Waals surface area contributed by atoms with Crippen molar-refractivity contribution in [2.45, 2.75) is 50.6 Å². The number of aromatic nitrogens is 4. The summed E-state index contributed by atoms with van der Waals surface area (Å²) in [5.74, 6) is -2.71. The van der Waals surface area contributed by atoms with Crippen molar-refractivity contribution in [1.82, 2.24) is 24.6 Å². The third kappa shape index (κ3) is 6.95. The maximum absolute atomic E-state index is 15.9. The Labute approximate surface area is 282 Å². The molecule has 18 heteroatoms. The van der Waals surface area contributed by atoms with Crippen molar-refractivity contribution >= 4 is 41.6 Å². The van der Waals surface area contributed by atoms with Crippen LogP contribution >= 0.6 is 7.75 Å². The van der Waals surface area contributed by atoms with Crippen molar-refractivity contribution in [1.29, 1.82) is 0 Å². The van der Waals surface area contributed by atoms with Gasteiger partial charge < -0.3 is 29.6 Å². The standard InChI is InChI=1S/C32H32F3N6O8P/c1-17(29(42)46-14-19-11-12-20(33)13-22(19)34)40-50(44,49-23-10-6-8-18-7-4-5-9-21(18)23)47-15-24-26(35)32(2,43)30(48-24)41-16-37-25-27(41)38-31(36)39-28(25)45-3/h4-13,16-17,24,26,30,43H,14-15H2,1-3H3,(H,40,44)(H2,36,38,39)/t17?,24-,26-,30?,32-,50?/m1/s1. The predicted octanol–water partition coefficient (Wildman–Crippen LogP) is 4.76. The van der Waals surface area contributed by atoms with E-state index >= 15 is 4.39 Å². The molecular weight excluding hydrogens is 684 g/mol. The number of benzene rings is 3. The number of halogens is 3. The highest BCUT2D eigenvalue weighted by atomic mass is 31.2. The van der Waals surface area contributed by atoms with Crippen molar-refractivity contribution in [3.8, 4) is 11.6 Å². The summed E-state index contributed by atoms with van der Waals surface area (Å²) < 4.78 is 86.8. The Balaban J connectivity index is 1.23. The number of nitrogens with two attached hydrogens (primary N) is 1. The number of imidazole rings is 1. The van der Waals surface area contributed by atoms with E-state index in [0.29, 0.717) is 11.5 Å². The van der Waals surface area contributed by atoms with Gasteiger partial charge in [-0.05, 0) is 37.4 Å². The van der Waals surface area contributed by atoms with Gasteiger partial charge in [0.05, 0.1) is 20.0 Å². The molecule has 1 fully saturated rings. The molecule has 264 valence electrons. The lowest BCUT2D eigenvalue weighted by Gasteiger charge is -2.26. The SMILES string of the molecule is COc1nc(N)nc2c1ncn2C1O[C@H](COP(=O)(NC(C)C(=O)OCc2ccc(F)cc2F)Oc2cccc3ccccc23)[C@@H](F)[C@@]1(C)O. The van der Waals surface area contributed by atoms with Crippen molar-refractivity contribution in [2.24, 2.45) is 0 Å². The molecule has 0 aliphatic carbocycles. The maximum Gasteiger partial charge on any atom is 0.459 e. The van der Waals surface area contributed by atoms with E-state index in [-0.39, 0.29) is 34.3 Å². The van der Waals surface area contributed by atoms with Gasteiger partial charge in [-0.25, -0.2) is 22.7 Å². The molecule has 0 bridgehead atoms. The normalized spacial score (nSPS) is 22.3. The van der Waals surface area contributed by atoms with Crippen molar-refractivity contribution in [3.05, 3.63) is 84.2 Å². The smallest absolute Gasteiger partial charge is 0.459 e. The van der Waals surface area contributed by atoms with Gasteiger partial charge in [0.1, 0.15) is 41.7 Å². The lowest BCUT2D eigenvalue weighted by molar-refractivity contribution is -0.146. The Morgan fingerprint density at radius 2 is 1.94 bits per heavy atom. The number of carbonyl (C=O) groups is 1. The van der Waals surface area contributed by atoms with Crippen LogP contribution < -0.4 is 20.1 Å². The average molecular weight is 717 g/mol. The molecule has 0 saturated carbocycles. The van der Waals surface area contributed by atoms with Gasteiger partial charge in [0.25, 0.3) is 0 Å². The highest BCUT2D eigenvalue weighted by molar-refractivity contribution is 7.52. The molecule has 0 radical (unpaired) electrons. The van der Waals surface area contributed by atoms with Crippen LogP contribution in [0.5, 0.6) is 11.6 Å². The zero-order chi connectivity index (χ0) is 35.8. The molecule has 3 aromatic carbocycles. The van der Waals surface area contributed by atoms with Crippen molar-refractivity contribution in [3.63, 3.8) is 0 Å². The first kappa shape index (κ1) is 35.0. The van der Waals surface area contributed by atoms with E-state index in [4.69, 9.17) is 29.0 Å². The number of esters is 1. The highest BCUT2D eigenvalue weighted by Crippen LogP contribution is 2.49. The van der Waals surface area contributed by atoms with Gasteiger partial charge >= 0.3 is 13.7 Å². The molecule has 6 atom stereocenters. The van der Waals surface area contributed by atoms with Crippen LogP contribution in [0.3, 0.4) is 0 Å². The first-order valence-corrected chi connectivity index (χ1v) is 16.7. The number of alkyl halides is 1. The van der Waals surface area contributed by atoms with E-state index in [0.717, 1.165) is 17.5 Å². The van der Waals surface area contributed by atoms with Crippen LogP contribution in [0.4, 0.5) is 19.1 Å². The number of carbonyl (C=O) groups excluding carboxylic acids is 1. The molecule has 5 aromatic rings. The molecular formula is C32H32F3N6O8P. The molecule has 1 saturated heterocycles. The number of rotatable bonds is 12. The van der Waals surface area contributed by atoms with E-state index in [2.05, 4.69) is 20.0 Å². The number of methoxy groups -OCH3 is 1. The number of fused-ring (bicyclic) bond motifs is 2. The molecule has 0 spiro atoms. The van der Waals surface area contributed by atoms with Crippen LogP contribution in [0.1, 0.15) is 25.6 Å².